The Kier molecular flexibility index (Phi) is 5.85. The summed E-state index contributed by atoms with van der Waals surface area (Å²) in [7, 11) is 0. The Morgan fingerprint density at radius 3 is 2.52 bits per heavy atom. The van der Waals surface area contributed by atoms with Gasteiger partial charge in [-0.25, -0.2) is 0 Å². The highest BCUT2D eigenvalue weighted by Crippen LogP contribution is 2.33. The largest absolute Gasteiger partial charge is 0.486 e. The van der Waals surface area contributed by atoms with Crippen LogP contribution in [0.1, 0.15) is 44.9 Å². The number of likely N-dealkylation sites (tertiary alicyclic amines) is 1. The zero-order valence-electron chi connectivity index (χ0n) is 18.8. The number of carbonyl (C=O) groups is 2. The fourth-order valence-corrected chi connectivity index (χ4v) is 5.24. The molecule has 0 unspecified atom stereocenters. The zero-order valence-corrected chi connectivity index (χ0v) is 19.6. The second-order valence-electron chi connectivity index (χ2n) is 8.50. The average Bonchev–Trinajstić information content (AvgIpc) is 3.47. The first-order valence-electron chi connectivity index (χ1n) is 11.2. The van der Waals surface area contributed by atoms with Gasteiger partial charge in [0.15, 0.2) is 11.5 Å². The molecule has 1 saturated heterocycles. The summed E-state index contributed by atoms with van der Waals surface area (Å²) in [4.78, 5) is 27.6. The summed E-state index contributed by atoms with van der Waals surface area (Å²) in [5.41, 5.74) is 4.25. The fourth-order valence-electron chi connectivity index (χ4n) is 4.61. The number of amides is 2. The monoisotopic (exact) mass is 465 g/mol. The summed E-state index contributed by atoms with van der Waals surface area (Å²) in [6.45, 7) is 6.33. The van der Waals surface area contributed by atoms with Gasteiger partial charge in [0.1, 0.15) is 13.2 Å². The van der Waals surface area contributed by atoms with Crippen LogP contribution in [0.5, 0.6) is 11.5 Å². The predicted octanol–water partition coefficient (Wildman–Crippen LogP) is 3.96. The van der Waals surface area contributed by atoms with E-state index in [0.717, 1.165) is 41.4 Å². The van der Waals surface area contributed by atoms with Crippen LogP contribution in [0.15, 0.2) is 41.1 Å². The number of aryl methyl sites for hydroxylation is 1. The van der Waals surface area contributed by atoms with Gasteiger partial charge in [0.25, 0.3) is 11.8 Å². The van der Waals surface area contributed by atoms with Crippen molar-refractivity contribution in [1.29, 1.82) is 0 Å². The lowest BCUT2D eigenvalue weighted by Gasteiger charge is -2.32. The summed E-state index contributed by atoms with van der Waals surface area (Å²) in [6.07, 6.45) is 1.50. The summed E-state index contributed by atoms with van der Waals surface area (Å²) in [5, 5.41) is 6.85. The molecule has 2 aliphatic rings. The van der Waals surface area contributed by atoms with Gasteiger partial charge < -0.3 is 24.3 Å². The van der Waals surface area contributed by atoms with Crippen LogP contribution in [0.3, 0.4) is 0 Å². The van der Waals surface area contributed by atoms with Crippen LogP contribution in [-0.2, 0) is 0 Å². The number of ether oxygens (including phenoxy) is 2. The minimum absolute atomic E-state index is 0.0366. The van der Waals surface area contributed by atoms with Gasteiger partial charge in [-0.15, -0.1) is 0 Å². The Bertz CT molecular complexity index is 1180. The van der Waals surface area contributed by atoms with Crippen molar-refractivity contribution < 1.29 is 19.1 Å². The van der Waals surface area contributed by atoms with Crippen molar-refractivity contribution in [2.75, 3.05) is 26.3 Å². The highest BCUT2D eigenvalue weighted by Gasteiger charge is 2.27. The van der Waals surface area contributed by atoms with Gasteiger partial charge in [0, 0.05) is 53.2 Å². The number of nitrogens with zero attached hydrogens (tertiary/aromatic N) is 2. The van der Waals surface area contributed by atoms with Crippen molar-refractivity contribution in [3.8, 4) is 17.2 Å². The normalized spacial score (nSPS) is 16.0. The number of nitrogens with one attached hydrogen (secondary N) is 1. The number of aromatic nitrogens is 1. The Labute approximate surface area is 196 Å². The van der Waals surface area contributed by atoms with Crippen LogP contribution >= 0.6 is 11.3 Å². The number of carbonyl (C=O) groups excluding carboxylic acids is 2. The van der Waals surface area contributed by atoms with Gasteiger partial charge in [0.05, 0.1) is 5.56 Å². The van der Waals surface area contributed by atoms with Gasteiger partial charge in [-0.2, -0.15) is 11.3 Å². The van der Waals surface area contributed by atoms with Crippen LogP contribution < -0.4 is 14.8 Å². The summed E-state index contributed by atoms with van der Waals surface area (Å²) in [5.74, 6) is 1.47. The highest BCUT2D eigenvalue weighted by molar-refractivity contribution is 7.08. The topological polar surface area (TPSA) is 72.8 Å². The van der Waals surface area contributed by atoms with Gasteiger partial charge in [-0.3, -0.25) is 9.59 Å². The van der Waals surface area contributed by atoms with E-state index >= 15 is 0 Å². The molecule has 2 aliphatic heterocycles. The van der Waals surface area contributed by atoms with Gasteiger partial charge >= 0.3 is 0 Å². The number of piperidine rings is 1. The lowest BCUT2D eigenvalue weighted by atomic mass is 10.0. The van der Waals surface area contributed by atoms with Crippen LogP contribution in [0.25, 0.3) is 5.69 Å². The maximum atomic E-state index is 13.3. The third kappa shape index (κ3) is 4.23. The van der Waals surface area contributed by atoms with E-state index in [1.807, 2.05) is 59.8 Å². The Morgan fingerprint density at radius 2 is 1.79 bits per heavy atom. The molecule has 5 rings (SSSR count). The minimum Gasteiger partial charge on any atom is -0.486 e. The molecule has 0 spiro atoms. The quantitative estimate of drug-likeness (QED) is 0.633. The fraction of sp³-hybridized carbons (Fsp3) is 0.360. The van der Waals surface area contributed by atoms with Crippen LogP contribution in [0.4, 0.5) is 0 Å². The van der Waals surface area contributed by atoms with Crippen molar-refractivity contribution in [3.05, 3.63) is 63.6 Å². The summed E-state index contributed by atoms with van der Waals surface area (Å²) >= 11 is 1.51. The van der Waals surface area contributed by atoms with E-state index in [1.165, 1.54) is 11.3 Å². The van der Waals surface area contributed by atoms with Crippen molar-refractivity contribution in [2.24, 2.45) is 0 Å². The molecule has 33 heavy (non-hydrogen) atoms. The van der Waals surface area contributed by atoms with Crippen molar-refractivity contribution >= 4 is 23.2 Å². The molecule has 8 heteroatoms. The standard InChI is InChI=1S/C25H27N3O4S/c1-16-13-21(17(2)28(16)20-3-4-22-23(14-20)32-11-10-31-22)25(30)27-8-5-19(6-9-27)26-24(29)18-7-12-33-15-18/h3-4,7,12-15,19H,5-6,8-11H2,1-2H3,(H,26,29). The molecule has 7 nitrogen and oxygen atoms in total. The molecule has 4 heterocycles. The van der Waals surface area contributed by atoms with Crippen LogP contribution in [0, 0.1) is 13.8 Å². The molecular formula is C25H27N3O4S. The lowest BCUT2D eigenvalue weighted by molar-refractivity contribution is 0.0697. The molecule has 0 saturated carbocycles. The summed E-state index contributed by atoms with van der Waals surface area (Å²) in [6, 6.07) is 9.74. The summed E-state index contributed by atoms with van der Waals surface area (Å²) < 4.78 is 13.4. The van der Waals surface area contributed by atoms with E-state index in [-0.39, 0.29) is 17.9 Å². The molecule has 2 aromatic heterocycles. The van der Waals surface area contributed by atoms with E-state index in [1.54, 1.807) is 0 Å². The number of benzene rings is 1. The molecule has 1 aromatic carbocycles. The number of fused-ring (bicyclic) bond motifs is 1. The van der Waals surface area contributed by atoms with Crippen LogP contribution in [-0.4, -0.2) is 53.6 Å². The zero-order chi connectivity index (χ0) is 22.9. The van der Waals surface area contributed by atoms with E-state index in [2.05, 4.69) is 9.88 Å². The Balaban J connectivity index is 1.28. The molecule has 1 N–H and O–H groups in total. The molecule has 172 valence electrons. The van der Waals surface area contributed by atoms with E-state index in [9.17, 15) is 9.59 Å². The Hall–Kier alpha value is -3.26. The first kappa shape index (κ1) is 21.6. The number of thiophene rings is 1. The van der Waals surface area contributed by atoms with Gasteiger partial charge in [0.2, 0.25) is 0 Å². The second kappa shape index (κ2) is 8.94. The smallest absolute Gasteiger partial charge is 0.255 e. The highest BCUT2D eigenvalue weighted by atomic mass is 32.1. The maximum absolute atomic E-state index is 13.3. The lowest BCUT2D eigenvalue weighted by Crippen LogP contribution is -2.46. The minimum atomic E-state index is -0.0380. The number of hydrogen-bond donors (Lipinski definition) is 1. The number of rotatable bonds is 4. The maximum Gasteiger partial charge on any atom is 0.255 e. The van der Waals surface area contributed by atoms with Crippen molar-refractivity contribution in [1.82, 2.24) is 14.8 Å². The van der Waals surface area contributed by atoms with E-state index in [4.69, 9.17) is 9.47 Å². The second-order valence-corrected chi connectivity index (χ2v) is 9.28. The first-order valence-corrected chi connectivity index (χ1v) is 12.2. The first-order chi connectivity index (χ1) is 16.0. The van der Waals surface area contributed by atoms with Gasteiger partial charge in [-0.05, 0) is 56.3 Å². The van der Waals surface area contributed by atoms with Crippen molar-refractivity contribution in [2.45, 2.75) is 32.7 Å². The Morgan fingerprint density at radius 1 is 1.03 bits per heavy atom. The molecule has 0 bridgehead atoms. The molecule has 0 aliphatic carbocycles. The van der Waals surface area contributed by atoms with Gasteiger partial charge in [-0.1, -0.05) is 0 Å². The van der Waals surface area contributed by atoms with E-state index < -0.39 is 0 Å². The van der Waals surface area contributed by atoms with Crippen molar-refractivity contribution in [3.63, 3.8) is 0 Å². The van der Waals surface area contributed by atoms with Crippen LogP contribution in [0.2, 0.25) is 0 Å². The SMILES string of the molecule is Cc1cc(C(=O)N2CCC(NC(=O)c3ccsc3)CC2)c(C)n1-c1ccc2c(c1)OCCO2. The van der Waals surface area contributed by atoms with E-state index in [0.29, 0.717) is 37.4 Å². The predicted molar refractivity (Wildman–Crippen MR) is 127 cm³/mol. The molecule has 1 fully saturated rings. The third-order valence-electron chi connectivity index (χ3n) is 6.35. The average molecular weight is 466 g/mol. The molecule has 0 radical (unpaired) electrons. The molecule has 2 amide bonds. The number of hydrogen-bond acceptors (Lipinski definition) is 5. The molecule has 0 atom stereocenters. The third-order valence-corrected chi connectivity index (χ3v) is 7.03. The molecular weight excluding hydrogens is 438 g/mol. The molecule has 3 aromatic rings.